The van der Waals surface area contributed by atoms with Gasteiger partial charge in [-0.25, -0.2) is 9.97 Å². The highest BCUT2D eigenvalue weighted by Crippen LogP contribution is 2.37. The zero-order chi connectivity index (χ0) is 33.7. The number of pyridine rings is 2. The van der Waals surface area contributed by atoms with E-state index in [1.165, 1.54) is 47.4 Å². The van der Waals surface area contributed by atoms with Gasteiger partial charge in [-0.05, 0) is 84.5 Å². The molecule has 10 heteroatoms. The van der Waals surface area contributed by atoms with Gasteiger partial charge in [0.2, 0.25) is 5.95 Å². The van der Waals surface area contributed by atoms with Crippen LogP contribution in [0, 0.1) is 5.95 Å². The smallest absolute Gasteiger partial charge is 0.255 e. The van der Waals surface area contributed by atoms with Gasteiger partial charge >= 0.3 is 0 Å². The first-order valence-corrected chi connectivity index (χ1v) is 17.5. The van der Waals surface area contributed by atoms with Crippen LogP contribution in [-0.4, -0.2) is 82.3 Å². The van der Waals surface area contributed by atoms with Crippen LogP contribution in [0.25, 0.3) is 22.3 Å². The number of carbonyl (C=O) groups excluding carboxylic acids is 1. The molecule has 1 amide bonds. The molecule has 1 aliphatic heterocycles. The van der Waals surface area contributed by atoms with Gasteiger partial charge in [-0.3, -0.25) is 14.6 Å². The molecular formula is C39H45FN6O3. The summed E-state index contributed by atoms with van der Waals surface area (Å²) < 4.78 is 19.7. The van der Waals surface area contributed by atoms with Gasteiger partial charge in [0.25, 0.3) is 5.91 Å². The van der Waals surface area contributed by atoms with Crippen molar-refractivity contribution in [2.75, 3.05) is 45.1 Å². The second-order valence-corrected chi connectivity index (χ2v) is 13.5. The van der Waals surface area contributed by atoms with Gasteiger partial charge in [-0.1, -0.05) is 42.5 Å². The van der Waals surface area contributed by atoms with Crippen LogP contribution in [-0.2, 0) is 17.8 Å². The third-order valence-corrected chi connectivity index (χ3v) is 10.4. The number of anilines is 1. The summed E-state index contributed by atoms with van der Waals surface area (Å²) in [7, 11) is 0. The number of carbonyl (C=O) groups is 1. The number of hydrogen-bond acceptors (Lipinski definition) is 8. The molecule has 1 saturated carbocycles. The lowest BCUT2D eigenvalue weighted by atomic mass is 9.84. The first kappa shape index (κ1) is 33.3. The molecule has 9 nitrogen and oxygen atoms in total. The summed E-state index contributed by atoms with van der Waals surface area (Å²) in [6, 6.07) is 20.5. The molecule has 0 radical (unpaired) electrons. The van der Waals surface area contributed by atoms with E-state index in [1.807, 2.05) is 0 Å². The molecule has 3 aliphatic rings. The van der Waals surface area contributed by atoms with Crippen molar-refractivity contribution in [2.24, 2.45) is 0 Å². The van der Waals surface area contributed by atoms with Crippen LogP contribution < -0.4 is 11.1 Å². The molecular weight excluding hydrogens is 619 g/mol. The summed E-state index contributed by atoms with van der Waals surface area (Å²) in [5.41, 5.74) is 14.1. The quantitative estimate of drug-likeness (QED) is 0.194. The van der Waals surface area contributed by atoms with Gasteiger partial charge in [0.1, 0.15) is 5.82 Å². The minimum absolute atomic E-state index is 0.103. The Kier molecular flexibility index (Phi) is 10.3. The molecule has 49 heavy (non-hydrogen) atoms. The zero-order valence-electron chi connectivity index (χ0n) is 27.9. The van der Waals surface area contributed by atoms with Crippen LogP contribution >= 0.6 is 0 Å². The average Bonchev–Trinajstić information content (AvgIpc) is 3.58. The van der Waals surface area contributed by atoms with Gasteiger partial charge in [-0.2, -0.15) is 4.39 Å². The van der Waals surface area contributed by atoms with Crippen molar-refractivity contribution >= 4 is 11.7 Å². The maximum Gasteiger partial charge on any atom is 0.255 e. The normalized spacial score (nSPS) is 21.4. The second-order valence-electron chi connectivity index (χ2n) is 13.5. The van der Waals surface area contributed by atoms with E-state index in [9.17, 15) is 14.3 Å². The topological polar surface area (TPSA) is 117 Å². The number of nitrogen functional groups attached to an aromatic ring is 1. The van der Waals surface area contributed by atoms with Crippen molar-refractivity contribution in [1.82, 2.24) is 25.1 Å². The minimum atomic E-state index is -0.571. The van der Waals surface area contributed by atoms with E-state index in [1.54, 1.807) is 18.3 Å². The predicted molar refractivity (Wildman–Crippen MR) is 188 cm³/mol. The number of rotatable bonds is 10. The number of benzene rings is 2. The summed E-state index contributed by atoms with van der Waals surface area (Å²) in [5.74, 6) is -0.735. The van der Waals surface area contributed by atoms with Crippen molar-refractivity contribution in [3.63, 3.8) is 0 Å². The first-order valence-electron chi connectivity index (χ1n) is 17.5. The Hall–Kier alpha value is -4.22. The Labute approximate surface area is 287 Å². The van der Waals surface area contributed by atoms with E-state index in [4.69, 9.17) is 10.5 Å². The second kappa shape index (κ2) is 15.1. The minimum Gasteiger partial charge on any atom is -0.395 e. The Balaban J connectivity index is 0.950. The number of aliphatic hydroxyl groups excluding tert-OH is 1. The summed E-state index contributed by atoms with van der Waals surface area (Å²) in [5, 5.41) is 12.4. The summed E-state index contributed by atoms with van der Waals surface area (Å²) in [6.07, 6.45) is 9.05. The highest BCUT2D eigenvalue weighted by Gasteiger charge is 2.31. The number of hydrogen-bond donors (Lipinski definition) is 3. The number of nitrogens with zero attached hydrogens (tertiary/aromatic N) is 4. The first-order chi connectivity index (χ1) is 23.9. The molecule has 3 heterocycles. The number of aromatic nitrogens is 2. The molecule has 0 bridgehead atoms. The van der Waals surface area contributed by atoms with Crippen LogP contribution in [0.4, 0.5) is 10.2 Å². The number of piperazine rings is 1. The van der Waals surface area contributed by atoms with Gasteiger partial charge in [0.05, 0.1) is 30.9 Å². The monoisotopic (exact) mass is 664 g/mol. The van der Waals surface area contributed by atoms with E-state index < -0.39 is 5.95 Å². The molecule has 1 saturated heterocycles. The Morgan fingerprint density at radius 1 is 0.898 bits per heavy atom. The van der Waals surface area contributed by atoms with Crippen molar-refractivity contribution < 1.29 is 19.0 Å². The van der Waals surface area contributed by atoms with E-state index in [2.05, 4.69) is 67.5 Å². The highest BCUT2D eigenvalue weighted by atomic mass is 19.1. The number of aryl methyl sites for hydroxylation is 1. The average molecular weight is 665 g/mol. The standard InChI is InChI=1S/C39H45FN6O3/c40-37-14-12-30(23-42-37)31-22-33(38(41)43-24-31)39(48)44-34-4-2-6-36(34)49-25-26-7-9-27(10-8-26)28-11-13-32-29(21-28)3-1-5-35(32)46-17-15-45(16-18-46)19-20-47/h7-14,21-24,34-36,47H,1-6,15-20,25H2,(H2,41,43)(H,44,48)/t34-,35?,36-/m0/s1. The molecule has 4 N–H and O–H groups in total. The molecule has 2 aromatic heterocycles. The van der Waals surface area contributed by atoms with Gasteiger partial charge in [0.15, 0.2) is 0 Å². The van der Waals surface area contributed by atoms with Crippen LogP contribution in [0.2, 0.25) is 0 Å². The van der Waals surface area contributed by atoms with Crippen LogP contribution in [0.1, 0.15) is 65.2 Å². The van der Waals surface area contributed by atoms with Crippen molar-refractivity contribution in [1.29, 1.82) is 0 Å². The molecule has 256 valence electrons. The molecule has 3 atom stereocenters. The third-order valence-electron chi connectivity index (χ3n) is 10.4. The summed E-state index contributed by atoms with van der Waals surface area (Å²) in [6.45, 7) is 5.63. The number of ether oxygens (including phenoxy) is 1. The van der Waals surface area contributed by atoms with Gasteiger partial charge < -0.3 is 20.9 Å². The molecule has 2 aliphatic carbocycles. The fourth-order valence-corrected chi connectivity index (χ4v) is 7.68. The van der Waals surface area contributed by atoms with Crippen molar-refractivity contribution in [3.8, 4) is 22.3 Å². The molecule has 7 rings (SSSR count). The lowest BCUT2D eigenvalue weighted by Crippen LogP contribution is -2.48. The maximum atomic E-state index is 13.3. The van der Waals surface area contributed by atoms with E-state index in [0.29, 0.717) is 23.8 Å². The third kappa shape index (κ3) is 7.68. The lowest BCUT2D eigenvalue weighted by Gasteiger charge is -2.41. The Bertz CT molecular complexity index is 1740. The highest BCUT2D eigenvalue weighted by molar-refractivity contribution is 5.99. The number of β-amino-alcohol motifs (C(OH)–C–C–N with tert-alkyl or cyclic N) is 1. The predicted octanol–water partition coefficient (Wildman–Crippen LogP) is 5.39. The van der Waals surface area contributed by atoms with E-state index in [-0.39, 0.29) is 36.0 Å². The zero-order valence-corrected chi connectivity index (χ0v) is 27.9. The van der Waals surface area contributed by atoms with E-state index >= 15 is 0 Å². The van der Waals surface area contributed by atoms with Gasteiger partial charge in [-0.15, -0.1) is 0 Å². The molecule has 4 aromatic rings. The number of fused-ring (bicyclic) bond motifs is 1. The fourth-order valence-electron chi connectivity index (χ4n) is 7.68. The maximum absolute atomic E-state index is 13.3. The van der Waals surface area contributed by atoms with Crippen molar-refractivity contribution in [3.05, 3.63) is 101 Å². The number of amides is 1. The number of halogens is 1. The molecule has 2 fully saturated rings. The fraction of sp³-hybridized carbons (Fsp3) is 0.410. The lowest BCUT2D eigenvalue weighted by molar-refractivity contribution is 0.0272. The van der Waals surface area contributed by atoms with E-state index in [0.717, 1.165) is 64.0 Å². The van der Waals surface area contributed by atoms with Crippen LogP contribution in [0.3, 0.4) is 0 Å². The molecule has 1 unspecified atom stereocenters. The summed E-state index contributed by atoms with van der Waals surface area (Å²) in [4.78, 5) is 26.2. The number of aliphatic hydroxyl groups is 1. The largest absolute Gasteiger partial charge is 0.395 e. The number of nitrogens with two attached hydrogens (primary N) is 1. The SMILES string of the molecule is Nc1ncc(-c2ccc(F)nc2)cc1C(=O)N[C@H]1CCC[C@@H]1OCc1ccc(-c2ccc3c(c2)CCCC3N2CCN(CCO)CC2)cc1. The summed E-state index contributed by atoms with van der Waals surface area (Å²) >= 11 is 0. The molecule has 2 aromatic carbocycles. The van der Waals surface area contributed by atoms with Crippen molar-refractivity contribution in [2.45, 2.75) is 63.3 Å². The Morgan fingerprint density at radius 3 is 2.45 bits per heavy atom. The molecule has 0 spiro atoms. The Morgan fingerprint density at radius 2 is 1.67 bits per heavy atom. The van der Waals surface area contributed by atoms with Gasteiger partial charge in [0, 0.05) is 62.3 Å². The van der Waals surface area contributed by atoms with Crippen LogP contribution in [0.5, 0.6) is 0 Å². The number of nitrogens with one attached hydrogen (secondary N) is 1. The van der Waals surface area contributed by atoms with Crippen LogP contribution in [0.15, 0.2) is 73.1 Å².